The zero-order chi connectivity index (χ0) is 33.1. The summed E-state index contributed by atoms with van der Waals surface area (Å²) in [5, 5.41) is 21.4. The number of tetrazole rings is 1. The number of ether oxygens (including phenoxy) is 3. The quantitative estimate of drug-likeness (QED) is 0.213. The number of alkyl carbamates (subject to hydrolysis) is 1. The number of amides is 1. The summed E-state index contributed by atoms with van der Waals surface area (Å²) in [4.78, 5) is 20.7. The molecule has 0 radical (unpaired) electrons. The first-order chi connectivity index (χ1) is 21.7. The molecule has 5 rings (SSSR count). The molecule has 0 saturated heterocycles. The van der Waals surface area contributed by atoms with Gasteiger partial charge in [-0.3, -0.25) is 4.68 Å². The smallest absolute Gasteiger partial charge is 0.422 e. The number of alkyl halides is 3. The number of carbonyl (C=O) groups is 1. The van der Waals surface area contributed by atoms with Crippen LogP contribution in [0.3, 0.4) is 0 Å². The van der Waals surface area contributed by atoms with Gasteiger partial charge in [0.25, 0.3) is 5.88 Å². The van der Waals surface area contributed by atoms with Crippen LogP contribution in [0.15, 0.2) is 43.1 Å². The number of hydrogen-bond donors (Lipinski definition) is 2. The normalized spacial score (nSPS) is 17.1. The predicted octanol–water partition coefficient (Wildman–Crippen LogP) is 5.36. The minimum absolute atomic E-state index is 0.110. The van der Waals surface area contributed by atoms with Gasteiger partial charge in [0, 0.05) is 24.0 Å². The Balaban J connectivity index is 1.25. The van der Waals surface area contributed by atoms with Crippen molar-refractivity contribution in [3.63, 3.8) is 0 Å². The van der Waals surface area contributed by atoms with E-state index in [1.807, 2.05) is 6.92 Å². The molecule has 1 atom stereocenters. The van der Waals surface area contributed by atoms with E-state index >= 15 is 0 Å². The highest BCUT2D eigenvalue weighted by Gasteiger charge is 2.35. The number of nitrogens with one attached hydrogen (secondary N) is 2. The lowest BCUT2D eigenvalue weighted by atomic mass is 9.87. The molecule has 1 saturated carbocycles. The molecular formula is C28H32ClF3N10O4. The fourth-order valence-electron chi connectivity index (χ4n) is 4.52. The van der Waals surface area contributed by atoms with Crippen molar-refractivity contribution in [3.8, 4) is 22.8 Å². The van der Waals surface area contributed by atoms with E-state index in [1.165, 1.54) is 21.9 Å². The van der Waals surface area contributed by atoms with Crippen LogP contribution in [0, 0.1) is 0 Å². The first-order valence-corrected chi connectivity index (χ1v) is 14.6. The van der Waals surface area contributed by atoms with Gasteiger partial charge in [-0.25, -0.2) is 19.4 Å². The largest absolute Gasteiger partial charge is 0.487 e. The lowest BCUT2D eigenvalue weighted by Gasteiger charge is -2.36. The van der Waals surface area contributed by atoms with Crippen LogP contribution in [0.5, 0.6) is 11.6 Å². The zero-order valence-corrected chi connectivity index (χ0v) is 26.1. The monoisotopic (exact) mass is 664 g/mol. The van der Waals surface area contributed by atoms with E-state index in [0.717, 1.165) is 5.56 Å². The van der Waals surface area contributed by atoms with Crippen LogP contribution in [0.1, 0.15) is 46.6 Å². The van der Waals surface area contributed by atoms with Gasteiger partial charge in [-0.2, -0.15) is 13.2 Å². The van der Waals surface area contributed by atoms with Crippen molar-refractivity contribution in [3.05, 3.63) is 48.1 Å². The number of rotatable bonds is 11. The Morgan fingerprint density at radius 3 is 2.54 bits per heavy atom. The van der Waals surface area contributed by atoms with Crippen LogP contribution < -0.4 is 20.1 Å². The second-order valence-corrected chi connectivity index (χ2v) is 12.1. The number of benzene rings is 1. The Morgan fingerprint density at radius 1 is 1.15 bits per heavy atom. The second-order valence-electron chi connectivity index (χ2n) is 11.7. The molecule has 1 fully saturated rings. The van der Waals surface area contributed by atoms with Gasteiger partial charge in [-0.05, 0) is 68.7 Å². The third-order valence-corrected chi connectivity index (χ3v) is 6.92. The van der Waals surface area contributed by atoms with Gasteiger partial charge >= 0.3 is 12.3 Å². The number of nitrogens with zero attached hydrogens (tertiary/aromatic N) is 8. The van der Waals surface area contributed by atoms with Crippen molar-refractivity contribution >= 4 is 29.3 Å². The van der Waals surface area contributed by atoms with Crippen molar-refractivity contribution in [1.82, 2.24) is 45.3 Å². The van der Waals surface area contributed by atoms with Crippen LogP contribution in [0.2, 0.25) is 5.02 Å². The maximum Gasteiger partial charge on any atom is 0.422 e. The van der Waals surface area contributed by atoms with Gasteiger partial charge in [0.05, 0.1) is 23.8 Å². The van der Waals surface area contributed by atoms with Crippen LogP contribution in [-0.2, 0) is 11.3 Å². The van der Waals surface area contributed by atoms with E-state index in [4.69, 9.17) is 25.8 Å². The van der Waals surface area contributed by atoms with E-state index in [1.54, 1.807) is 51.4 Å². The van der Waals surface area contributed by atoms with Crippen molar-refractivity contribution in [1.29, 1.82) is 0 Å². The van der Waals surface area contributed by atoms with Gasteiger partial charge in [0.15, 0.2) is 6.61 Å². The molecule has 3 heterocycles. The molecule has 18 heteroatoms. The van der Waals surface area contributed by atoms with Crippen LogP contribution in [0.4, 0.5) is 29.6 Å². The van der Waals surface area contributed by atoms with E-state index in [9.17, 15) is 18.0 Å². The Bertz CT molecular complexity index is 1620. The summed E-state index contributed by atoms with van der Waals surface area (Å²) >= 11 is 6.36. The number of carbonyl (C=O) groups excluding carboxylic acids is 1. The summed E-state index contributed by atoms with van der Waals surface area (Å²) in [7, 11) is 0. The highest BCUT2D eigenvalue weighted by Crippen LogP contribution is 2.37. The van der Waals surface area contributed by atoms with Crippen LogP contribution in [-0.4, -0.2) is 76.6 Å². The van der Waals surface area contributed by atoms with Crippen molar-refractivity contribution < 1.29 is 32.2 Å². The fraction of sp³-hybridized carbons (Fsp3) is 0.464. The topological polar surface area (TPSA) is 156 Å². The Kier molecular flexibility index (Phi) is 9.50. The molecule has 46 heavy (non-hydrogen) atoms. The highest BCUT2D eigenvalue weighted by molar-refractivity contribution is 6.32. The molecule has 14 nitrogen and oxygen atoms in total. The number of halogens is 4. The number of hydrogen-bond acceptors (Lipinski definition) is 11. The first kappa shape index (κ1) is 32.7. The molecule has 0 bridgehead atoms. The predicted molar refractivity (Wildman–Crippen MR) is 159 cm³/mol. The summed E-state index contributed by atoms with van der Waals surface area (Å²) < 4.78 is 58.2. The van der Waals surface area contributed by atoms with Crippen LogP contribution in [0.25, 0.3) is 11.1 Å². The second kappa shape index (κ2) is 13.4. The lowest BCUT2D eigenvalue weighted by molar-refractivity contribution is -0.154. The zero-order valence-electron chi connectivity index (χ0n) is 25.3. The first-order valence-electron chi connectivity index (χ1n) is 14.3. The highest BCUT2D eigenvalue weighted by atomic mass is 35.5. The molecule has 3 aromatic heterocycles. The molecule has 1 amide bonds. The molecule has 4 aromatic rings. The van der Waals surface area contributed by atoms with Gasteiger partial charge in [0.1, 0.15) is 29.5 Å². The van der Waals surface area contributed by atoms with E-state index in [-0.39, 0.29) is 35.7 Å². The summed E-state index contributed by atoms with van der Waals surface area (Å²) in [6.45, 7) is 6.03. The molecule has 246 valence electrons. The standard InChI is InChI=1S/C28H32ClF3N10O4/c1-16(12-41-15-35-39-40-41)45-23-7-17(5-6-21(23)29)18-10-33-25(34-11-18)37-22-13-42(38-24(22)44-14-28(30,31)32)20-8-19(9-20)36-26(43)46-27(2,3)4/h5-7,10-11,13,15-16,19-20H,8-9,12,14H2,1-4H3,(H,36,43)(H,33,34,37)/t16-,19?,20?/m0/s1. The Hall–Kier alpha value is -4.67. The van der Waals surface area contributed by atoms with E-state index in [0.29, 0.717) is 35.7 Å². The lowest BCUT2D eigenvalue weighted by Crippen LogP contribution is -2.46. The molecular weight excluding hydrogens is 633 g/mol. The minimum atomic E-state index is -4.56. The maximum absolute atomic E-state index is 13.0. The summed E-state index contributed by atoms with van der Waals surface area (Å²) in [5.74, 6) is 0.294. The number of anilines is 2. The summed E-state index contributed by atoms with van der Waals surface area (Å²) in [6, 6.07) is 4.88. The average molecular weight is 665 g/mol. The third-order valence-electron chi connectivity index (χ3n) is 6.61. The van der Waals surface area contributed by atoms with Crippen molar-refractivity contribution in [2.75, 3.05) is 11.9 Å². The molecule has 1 aliphatic carbocycles. The van der Waals surface area contributed by atoms with E-state index < -0.39 is 24.5 Å². The summed E-state index contributed by atoms with van der Waals surface area (Å²) in [6.07, 6.45) is 1.73. The van der Waals surface area contributed by atoms with Crippen LogP contribution >= 0.6 is 11.6 Å². The van der Waals surface area contributed by atoms with Gasteiger partial charge in [0.2, 0.25) is 5.95 Å². The molecule has 0 spiro atoms. The average Bonchev–Trinajstić information content (AvgIpc) is 3.59. The van der Waals surface area contributed by atoms with Gasteiger partial charge in [-0.1, -0.05) is 17.7 Å². The van der Waals surface area contributed by atoms with Crippen molar-refractivity contribution in [2.24, 2.45) is 0 Å². The third kappa shape index (κ3) is 8.95. The van der Waals surface area contributed by atoms with Crippen molar-refractivity contribution in [2.45, 2.75) is 77.0 Å². The maximum atomic E-state index is 13.0. The minimum Gasteiger partial charge on any atom is -0.487 e. The SMILES string of the molecule is C[C@@H](Cn1cnnn1)Oc1cc(-c2cnc(Nc3cn(C4CC(NC(=O)OC(C)(C)C)C4)nc3OCC(F)(F)F)nc2)ccc1Cl. The molecule has 2 N–H and O–H groups in total. The molecule has 0 aliphatic heterocycles. The fourth-order valence-corrected chi connectivity index (χ4v) is 4.68. The molecule has 1 aromatic carbocycles. The number of aromatic nitrogens is 8. The van der Waals surface area contributed by atoms with Gasteiger partial charge < -0.3 is 24.8 Å². The summed E-state index contributed by atoms with van der Waals surface area (Å²) in [5.41, 5.74) is 0.882. The Labute approximate surface area is 266 Å². The molecule has 0 unspecified atom stereocenters. The van der Waals surface area contributed by atoms with E-state index in [2.05, 4.69) is 41.2 Å². The molecule has 1 aliphatic rings. The van der Waals surface area contributed by atoms with Gasteiger partial charge in [-0.15, -0.1) is 10.2 Å². The Morgan fingerprint density at radius 2 is 1.89 bits per heavy atom.